The maximum Gasteiger partial charge on any atom is 0.358 e. The molecule has 1 amide bonds. The number of hydrogen-bond acceptors (Lipinski definition) is 4. The summed E-state index contributed by atoms with van der Waals surface area (Å²) in [5.41, 5.74) is -0.0102. The monoisotopic (exact) mass is 282 g/mol. The van der Waals surface area contributed by atoms with E-state index in [0.29, 0.717) is 5.69 Å². The molecule has 1 aromatic heterocycles. The van der Waals surface area contributed by atoms with Crippen LogP contribution in [0.5, 0.6) is 0 Å². The maximum absolute atomic E-state index is 12.2. The lowest BCUT2D eigenvalue weighted by Gasteiger charge is -2.24. The van der Waals surface area contributed by atoms with Crippen molar-refractivity contribution in [1.29, 1.82) is 0 Å². The van der Waals surface area contributed by atoms with Crippen molar-refractivity contribution in [3.05, 3.63) is 11.4 Å². The molecule has 1 unspecified atom stereocenters. The summed E-state index contributed by atoms with van der Waals surface area (Å²) in [5.74, 6) is -1.45. The molecule has 0 aliphatic heterocycles. The zero-order chi connectivity index (χ0) is 15.7. The second-order valence-corrected chi connectivity index (χ2v) is 6.14. The smallest absolute Gasteiger partial charge is 0.358 e. The average molecular weight is 282 g/mol. The first-order valence-corrected chi connectivity index (χ1v) is 6.55. The quantitative estimate of drug-likeness (QED) is 0.873. The first kappa shape index (κ1) is 16.1. The van der Waals surface area contributed by atoms with Crippen molar-refractivity contribution >= 4 is 11.9 Å². The Kier molecular flexibility index (Phi) is 4.52. The molecule has 1 atom stereocenters. The van der Waals surface area contributed by atoms with E-state index >= 15 is 0 Å². The van der Waals surface area contributed by atoms with Gasteiger partial charge in [-0.25, -0.2) is 9.48 Å². The molecule has 0 bridgehead atoms. The van der Waals surface area contributed by atoms with Crippen molar-refractivity contribution in [3.63, 3.8) is 0 Å². The second-order valence-electron chi connectivity index (χ2n) is 6.14. The van der Waals surface area contributed by atoms with E-state index in [1.807, 2.05) is 34.6 Å². The largest absolute Gasteiger partial charge is 0.476 e. The van der Waals surface area contributed by atoms with E-state index in [-0.39, 0.29) is 23.1 Å². The minimum Gasteiger partial charge on any atom is -0.476 e. The number of rotatable bonds is 4. The van der Waals surface area contributed by atoms with Crippen molar-refractivity contribution in [3.8, 4) is 0 Å². The van der Waals surface area contributed by atoms with Crippen LogP contribution in [-0.2, 0) is 4.79 Å². The molecule has 0 aromatic carbocycles. The first-order valence-electron chi connectivity index (χ1n) is 6.55. The summed E-state index contributed by atoms with van der Waals surface area (Å²) in [5, 5.41) is 19.5. The lowest BCUT2D eigenvalue weighted by atomic mass is 10.1. The lowest BCUT2D eigenvalue weighted by molar-refractivity contribution is -0.125. The van der Waals surface area contributed by atoms with Gasteiger partial charge in [0.05, 0.1) is 5.69 Å². The number of hydrogen-bond donors (Lipinski definition) is 2. The Hall–Kier alpha value is -1.92. The Morgan fingerprint density at radius 3 is 2.20 bits per heavy atom. The summed E-state index contributed by atoms with van der Waals surface area (Å²) in [4.78, 5) is 23.3. The molecule has 0 saturated heterocycles. The molecule has 1 aromatic rings. The SMILES string of the molecule is CC(C)c1c(C(=O)O)nnn1C(C)C(=O)NC(C)(C)C. The van der Waals surface area contributed by atoms with Crippen LogP contribution < -0.4 is 5.32 Å². The molecule has 0 aliphatic carbocycles. The van der Waals surface area contributed by atoms with Crippen LogP contribution in [0.4, 0.5) is 0 Å². The molecular formula is C13H22N4O3. The molecule has 0 spiro atoms. The number of carbonyl (C=O) groups is 2. The summed E-state index contributed by atoms with van der Waals surface area (Å²) in [6, 6.07) is -0.618. The molecule has 7 nitrogen and oxygen atoms in total. The predicted octanol–water partition coefficient (Wildman–Crippen LogP) is 1.58. The topological polar surface area (TPSA) is 97.1 Å². The van der Waals surface area contributed by atoms with E-state index in [9.17, 15) is 9.59 Å². The summed E-state index contributed by atoms with van der Waals surface area (Å²) in [7, 11) is 0. The number of carbonyl (C=O) groups excluding carboxylic acids is 1. The van der Waals surface area contributed by atoms with Gasteiger partial charge in [-0.2, -0.15) is 0 Å². The molecule has 0 saturated carbocycles. The maximum atomic E-state index is 12.2. The van der Waals surface area contributed by atoms with E-state index in [1.54, 1.807) is 6.92 Å². The highest BCUT2D eigenvalue weighted by atomic mass is 16.4. The van der Waals surface area contributed by atoms with E-state index < -0.39 is 12.0 Å². The van der Waals surface area contributed by atoms with Gasteiger partial charge >= 0.3 is 5.97 Å². The third-order valence-corrected chi connectivity index (χ3v) is 2.72. The highest BCUT2D eigenvalue weighted by Crippen LogP contribution is 2.21. The summed E-state index contributed by atoms with van der Waals surface area (Å²) in [6.45, 7) is 11.0. The zero-order valence-electron chi connectivity index (χ0n) is 12.8. The minimum atomic E-state index is -1.14. The van der Waals surface area contributed by atoms with Crippen LogP contribution in [-0.4, -0.2) is 37.5 Å². The van der Waals surface area contributed by atoms with Gasteiger partial charge in [-0.05, 0) is 33.6 Å². The van der Waals surface area contributed by atoms with Crippen LogP contribution >= 0.6 is 0 Å². The third kappa shape index (κ3) is 3.55. The Bertz CT molecular complexity index is 514. The Morgan fingerprint density at radius 2 is 1.80 bits per heavy atom. The number of aromatic nitrogens is 3. The molecular weight excluding hydrogens is 260 g/mol. The van der Waals surface area contributed by atoms with Gasteiger partial charge in [-0.15, -0.1) is 5.10 Å². The van der Waals surface area contributed by atoms with E-state index in [0.717, 1.165) is 0 Å². The summed E-state index contributed by atoms with van der Waals surface area (Å²) < 4.78 is 1.38. The van der Waals surface area contributed by atoms with Gasteiger partial charge in [-0.3, -0.25) is 4.79 Å². The number of aromatic carboxylic acids is 1. The molecule has 0 radical (unpaired) electrons. The summed E-state index contributed by atoms with van der Waals surface area (Å²) in [6.07, 6.45) is 0. The number of carboxylic acids is 1. The standard InChI is InChI=1S/C13H22N4O3/c1-7(2)10-9(12(19)20)15-16-17(10)8(3)11(18)14-13(4,5)6/h7-8H,1-6H3,(H,14,18)(H,19,20). The predicted molar refractivity (Wildman–Crippen MR) is 73.7 cm³/mol. The molecule has 1 heterocycles. The molecule has 1 rings (SSSR count). The summed E-state index contributed by atoms with van der Waals surface area (Å²) >= 11 is 0. The highest BCUT2D eigenvalue weighted by molar-refractivity contribution is 5.87. The van der Waals surface area contributed by atoms with Gasteiger partial charge in [0.15, 0.2) is 5.69 Å². The molecule has 112 valence electrons. The van der Waals surface area contributed by atoms with Crippen LogP contribution in [0.15, 0.2) is 0 Å². The fraction of sp³-hybridized carbons (Fsp3) is 0.692. The van der Waals surface area contributed by atoms with Crippen LogP contribution in [0, 0.1) is 0 Å². The molecule has 20 heavy (non-hydrogen) atoms. The number of nitrogens with one attached hydrogen (secondary N) is 1. The van der Waals surface area contributed by atoms with Crippen molar-refractivity contribution < 1.29 is 14.7 Å². The molecule has 2 N–H and O–H groups in total. The number of nitrogens with zero attached hydrogens (tertiary/aromatic N) is 3. The van der Waals surface area contributed by atoms with Gasteiger partial charge in [0.1, 0.15) is 6.04 Å². The number of amides is 1. The Balaban J connectivity index is 3.13. The molecule has 0 fully saturated rings. The fourth-order valence-corrected chi connectivity index (χ4v) is 1.86. The first-order chi connectivity index (χ1) is 9.04. The van der Waals surface area contributed by atoms with Crippen molar-refractivity contribution in [1.82, 2.24) is 20.3 Å². The van der Waals surface area contributed by atoms with Crippen LogP contribution in [0.1, 0.15) is 69.7 Å². The normalized spacial score (nSPS) is 13.3. The second kappa shape index (κ2) is 5.60. The highest BCUT2D eigenvalue weighted by Gasteiger charge is 2.28. The fourth-order valence-electron chi connectivity index (χ4n) is 1.86. The number of carboxylic acid groups (broad SMARTS) is 1. The van der Waals surface area contributed by atoms with Gasteiger partial charge in [-0.1, -0.05) is 19.1 Å². The lowest BCUT2D eigenvalue weighted by Crippen LogP contribution is -2.44. The van der Waals surface area contributed by atoms with E-state index in [4.69, 9.17) is 5.11 Å². The Morgan fingerprint density at radius 1 is 1.25 bits per heavy atom. The third-order valence-electron chi connectivity index (χ3n) is 2.72. The Labute approximate surface area is 118 Å². The van der Waals surface area contributed by atoms with Gasteiger partial charge in [0.25, 0.3) is 0 Å². The van der Waals surface area contributed by atoms with Gasteiger partial charge in [0, 0.05) is 5.54 Å². The van der Waals surface area contributed by atoms with Crippen molar-refractivity contribution in [2.24, 2.45) is 0 Å². The molecule has 0 aliphatic rings. The zero-order valence-corrected chi connectivity index (χ0v) is 12.8. The molecule has 7 heteroatoms. The van der Waals surface area contributed by atoms with Crippen LogP contribution in [0.25, 0.3) is 0 Å². The van der Waals surface area contributed by atoms with Gasteiger partial charge in [0.2, 0.25) is 5.91 Å². The van der Waals surface area contributed by atoms with E-state index in [1.165, 1.54) is 4.68 Å². The minimum absolute atomic E-state index is 0.0963. The van der Waals surface area contributed by atoms with Gasteiger partial charge < -0.3 is 10.4 Å². The van der Waals surface area contributed by atoms with Crippen molar-refractivity contribution in [2.75, 3.05) is 0 Å². The van der Waals surface area contributed by atoms with E-state index in [2.05, 4.69) is 15.6 Å². The van der Waals surface area contributed by atoms with Crippen molar-refractivity contribution in [2.45, 2.75) is 59.0 Å². The van der Waals surface area contributed by atoms with Crippen LogP contribution in [0.2, 0.25) is 0 Å². The van der Waals surface area contributed by atoms with Crippen LogP contribution in [0.3, 0.4) is 0 Å². The average Bonchev–Trinajstić information content (AvgIpc) is 2.69.